The Balaban J connectivity index is 2.47. The van der Waals surface area contributed by atoms with Crippen LogP contribution in [0.25, 0.3) is 0 Å². The highest BCUT2D eigenvalue weighted by Gasteiger charge is 2.16. The van der Waals surface area contributed by atoms with Gasteiger partial charge in [0.1, 0.15) is 0 Å². The summed E-state index contributed by atoms with van der Waals surface area (Å²) in [6.45, 7) is 1.74. The largest absolute Gasteiger partial charge is 0.357 e. The monoisotopic (exact) mass is 202 g/mol. The molecule has 1 aromatic carbocycles. The Bertz CT molecular complexity index is 463. The fourth-order valence-corrected chi connectivity index (χ4v) is 1.40. The van der Waals surface area contributed by atoms with Crippen LogP contribution in [0.1, 0.15) is 6.92 Å². The van der Waals surface area contributed by atoms with Gasteiger partial charge in [-0.1, -0.05) is 12.1 Å². The van der Waals surface area contributed by atoms with E-state index in [-0.39, 0.29) is 0 Å². The van der Waals surface area contributed by atoms with Gasteiger partial charge < -0.3 is 10.6 Å². The molecule has 1 aliphatic heterocycles. The van der Waals surface area contributed by atoms with Crippen LogP contribution in [0.2, 0.25) is 0 Å². The van der Waals surface area contributed by atoms with Gasteiger partial charge >= 0.3 is 0 Å². The van der Waals surface area contributed by atoms with Crippen molar-refractivity contribution in [2.75, 3.05) is 10.6 Å². The van der Waals surface area contributed by atoms with Gasteiger partial charge in [-0.25, -0.2) is 0 Å². The molecule has 1 aromatic rings. The third kappa shape index (κ3) is 1.88. The molecule has 0 spiro atoms. The highest BCUT2D eigenvalue weighted by molar-refractivity contribution is 6.45. The Kier molecular flexibility index (Phi) is 2.25. The maximum Gasteiger partial charge on any atom is 0.296 e. The van der Waals surface area contributed by atoms with E-state index in [1.807, 2.05) is 12.1 Å². The molecule has 0 radical (unpaired) electrons. The number of carbonyl (C=O) groups is 2. The lowest BCUT2D eigenvalue weighted by atomic mass is 10.2. The van der Waals surface area contributed by atoms with Crippen molar-refractivity contribution in [1.82, 2.24) is 0 Å². The molecule has 4 heteroatoms. The first-order valence-corrected chi connectivity index (χ1v) is 4.56. The third-order valence-corrected chi connectivity index (χ3v) is 2.08. The molecular formula is C11H10N2O2. The highest BCUT2D eigenvalue weighted by atomic mass is 16.2. The Hall–Kier alpha value is -2.10. The minimum absolute atomic E-state index is 0.547. The Morgan fingerprint density at radius 2 is 1.60 bits per heavy atom. The van der Waals surface area contributed by atoms with E-state index in [1.165, 1.54) is 6.08 Å². The molecule has 1 heterocycles. The van der Waals surface area contributed by atoms with Gasteiger partial charge in [0.15, 0.2) is 0 Å². The second kappa shape index (κ2) is 3.57. The van der Waals surface area contributed by atoms with Crippen molar-refractivity contribution >= 4 is 23.1 Å². The molecule has 0 atom stereocenters. The van der Waals surface area contributed by atoms with E-state index >= 15 is 0 Å². The predicted octanol–water partition coefficient (Wildman–Crippen LogP) is 1.52. The third-order valence-electron chi connectivity index (χ3n) is 2.08. The van der Waals surface area contributed by atoms with E-state index in [4.69, 9.17) is 0 Å². The average Bonchev–Trinajstić information content (AvgIpc) is 2.19. The molecule has 1 aliphatic rings. The van der Waals surface area contributed by atoms with Gasteiger partial charge in [0, 0.05) is 11.8 Å². The maximum absolute atomic E-state index is 11.3. The zero-order chi connectivity index (χ0) is 10.8. The van der Waals surface area contributed by atoms with Crippen molar-refractivity contribution in [1.29, 1.82) is 0 Å². The summed E-state index contributed by atoms with van der Waals surface area (Å²) in [5, 5.41) is 5.58. The average molecular weight is 202 g/mol. The second-order valence-corrected chi connectivity index (χ2v) is 3.32. The Morgan fingerprint density at radius 3 is 2.27 bits per heavy atom. The maximum atomic E-state index is 11.3. The van der Waals surface area contributed by atoms with Crippen LogP contribution in [0, 0.1) is 0 Å². The SMILES string of the molecule is CC1=CC(=O)C(=O)Nc2ccccc2N1. The van der Waals surface area contributed by atoms with Crippen molar-refractivity contribution in [2.45, 2.75) is 6.92 Å². The Labute approximate surface area is 87.0 Å². The first kappa shape index (κ1) is 9.45. The van der Waals surface area contributed by atoms with Crippen molar-refractivity contribution in [3.05, 3.63) is 36.0 Å². The molecule has 0 saturated carbocycles. The van der Waals surface area contributed by atoms with Crippen molar-refractivity contribution in [2.24, 2.45) is 0 Å². The van der Waals surface area contributed by atoms with E-state index < -0.39 is 11.7 Å². The number of rotatable bonds is 0. The minimum atomic E-state index is -0.608. The normalized spacial score (nSPS) is 15.4. The molecule has 2 rings (SSSR count). The van der Waals surface area contributed by atoms with Crippen LogP contribution >= 0.6 is 0 Å². The molecule has 15 heavy (non-hydrogen) atoms. The Morgan fingerprint density at radius 1 is 1.00 bits per heavy atom. The number of para-hydroxylation sites is 2. The molecule has 2 N–H and O–H groups in total. The van der Waals surface area contributed by atoms with Gasteiger partial charge in [-0.15, -0.1) is 0 Å². The summed E-state index contributed by atoms with van der Waals surface area (Å²) in [6.07, 6.45) is 1.28. The quantitative estimate of drug-likeness (QED) is 0.627. The number of anilines is 2. The van der Waals surface area contributed by atoms with Crippen LogP contribution in [0.5, 0.6) is 0 Å². The summed E-state index contributed by atoms with van der Waals surface area (Å²) >= 11 is 0. The van der Waals surface area contributed by atoms with E-state index in [9.17, 15) is 9.59 Å². The van der Waals surface area contributed by atoms with E-state index in [1.54, 1.807) is 19.1 Å². The molecular weight excluding hydrogens is 192 g/mol. The van der Waals surface area contributed by atoms with Crippen LogP contribution < -0.4 is 10.6 Å². The van der Waals surface area contributed by atoms with Gasteiger partial charge in [-0.05, 0) is 19.1 Å². The van der Waals surface area contributed by atoms with E-state index in [2.05, 4.69) is 10.6 Å². The number of benzene rings is 1. The summed E-state index contributed by atoms with van der Waals surface area (Å²) in [6, 6.07) is 7.23. The van der Waals surface area contributed by atoms with Crippen molar-refractivity contribution in [3.63, 3.8) is 0 Å². The van der Waals surface area contributed by atoms with Gasteiger partial charge in [-0.2, -0.15) is 0 Å². The molecule has 0 fully saturated rings. The summed E-state index contributed by atoms with van der Waals surface area (Å²) in [4.78, 5) is 22.6. The zero-order valence-electron chi connectivity index (χ0n) is 8.20. The number of amides is 1. The van der Waals surface area contributed by atoms with Crippen LogP contribution in [-0.2, 0) is 9.59 Å². The first-order valence-electron chi connectivity index (χ1n) is 4.56. The molecule has 76 valence electrons. The number of fused-ring (bicyclic) bond motifs is 1. The minimum Gasteiger partial charge on any atom is -0.357 e. The topological polar surface area (TPSA) is 58.2 Å². The van der Waals surface area contributed by atoms with E-state index in [0.29, 0.717) is 11.4 Å². The smallest absolute Gasteiger partial charge is 0.296 e. The van der Waals surface area contributed by atoms with Crippen LogP contribution in [0.15, 0.2) is 36.0 Å². The van der Waals surface area contributed by atoms with Gasteiger partial charge in [0.2, 0.25) is 5.78 Å². The summed E-state index contributed by atoms with van der Waals surface area (Å²) in [7, 11) is 0. The zero-order valence-corrected chi connectivity index (χ0v) is 8.20. The van der Waals surface area contributed by atoms with Crippen LogP contribution in [0.3, 0.4) is 0 Å². The summed E-state index contributed by atoms with van der Waals surface area (Å²) in [5.41, 5.74) is 2.05. The molecule has 4 nitrogen and oxygen atoms in total. The van der Waals surface area contributed by atoms with Crippen LogP contribution in [0.4, 0.5) is 11.4 Å². The van der Waals surface area contributed by atoms with E-state index in [0.717, 1.165) is 5.69 Å². The molecule has 0 unspecified atom stereocenters. The van der Waals surface area contributed by atoms with Gasteiger partial charge in [0.25, 0.3) is 5.91 Å². The number of ketones is 1. The first-order chi connectivity index (χ1) is 7.16. The lowest BCUT2D eigenvalue weighted by Gasteiger charge is -2.15. The second-order valence-electron chi connectivity index (χ2n) is 3.32. The molecule has 0 aromatic heterocycles. The van der Waals surface area contributed by atoms with Gasteiger partial charge in [0.05, 0.1) is 11.4 Å². The molecule has 0 bridgehead atoms. The standard InChI is InChI=1S/C11H10N2O2/c1-7-6-10(14)11(15)13-9-5-3-2-4-8(9)12-7/h2-6,12H,1H3,(H,13,15). The van der Waals surface area contributed by atoms with Crippen LogP contribution in [-0.4, -0.2) is 11.7 Å². The number of hydrogen-bond donors (Lipinski definition) is 2. The fourth-order valence-electron chi connectivity index (χ4n) is 1.40. The number of nitrogens with one attached hydrogen (secondary N) is 2. The predicted molar refractivity (Wildman–Crippen MR) is 57.5 cm³/mol. The molecule has 0 saturated heterocycles. The summed E-state index contributed by atoms with van der Waals surface area (Å²) in [5.74, 6) is -1.15. The fraction of sp³-hybridized carbons (Fsp3) is 0.0909. The lowest BCUT2D eigenvalue weighted by Crippen LogP contribution is -2.24. The number of allylic oxidation sites excluding steroid dienone is 1. The van der Waals surface area contributed by atoms with Gasteiger partial charge in [-0.3, -0.25) is 9.59 Å². The molecule has 0 aliphatic carbocycles. The number of hydrogen-bond acceptors (Lipinski definition) is 3. The van der Waals surface area contributed by atoms with Crippen molar-refractivity contribution < 1.29 is 9.59 Å². The molecule has 1 amide bonds. The summed E-state index contributed by atoms with van der Waals surface area (Å²) < 4.78 is 0. The highest BCUT2D eigenvalue weighted by Crippen LogP contribution is 2.23. The lowest BCUT2D eigenvalue weighted by molar-refractivity contribution is -0.132. The number of carbonyl (C=O) groups excluding carboxylic acids is 2. The van der Waals surface area contributed by atoms with Crippen molar-refractivity contribution in [3.8, 4) is 0 Å².